The number of H-pyrrole nitrogens is 1. The maximum atomic E-state index is 15.0. The highest BCUT2D eigenvalue weighted by Crippen LogP contribution is 2.46. The monoisotopic (exact) mass is 561 g/mol. The standard InChI is InChI=1S/C22H29FN3O7PS2/c1-12(2)31-21(28)14(4)25-34(29,33-15-8-6-5-7-9-15)30-11-16-18(27)17(23)20(32-16)26-10-13(3)19(35)24-22(26)36/h5-10,12,14,16-18,20,27H,11H2,1-4H3,(H,25,29)(H,24,35,36)/t14-,16-,17+,18?,20-,34+/m0/s1. The highest BCUT2D eigenvalue weighted by molar-refractivity contribution is 7.72. The van der Waals surface area contributed by atoms with Gasteiger partial charge in [0.15, 0.2) is 17.2 Å². The number of halogens is 1. The Morgan fingerprint density at radius 3 is 2.61 bits per heavy atom. The molecule has 0 radical (unpaired) electrons. The van der Waals surface area contributed by atoms with Crippen molar-refractivity contribution in [3.8, 4) is 5.75 Å². The fraction of sp³-hybridized carbons (Fsp3) is 0.500. The van der Waals surface area contributed by atoms with Gasteiger partial charge in [-0.15, -0.1) is 0 Å². The molecule has 14 heteroatoms. The second-order valence-electron chi connectivity index (χ2n) is 8.51. The van der Waals surface area contributed by atoms with Gasteiger partial charge in [0.25, 0.3) is 0 Å². The molecular weight excluding hydrogens is 532 g/mol. The summed E-state index contributed by atoms with van der Waals surface area (Å²) in [7, 11) is -4.22. The summed E-state index contributed by atoms with van der Waals surface area (Å²) in [4.78, 5) is 15.0. The first kappa shape index (κ1) is 28.6. The largest absolute Gasteiger partial charge is 0.462 e. The van der Waals surface area contributed by atoms with Crippen LogP contribution < -0.4 is 9.61 Å². The maximum Gasteiger partial charge on any atom is 0.459 e. The molecule has 1 aliphatic heterocycles. The molecule has 0 saturated carbocycles. The Bertz CT molecular complexity index is 1230. The molecule has 1 aromatic heterocycles. The zero-order valence-corrected chi connectivity index (χ0v) is 22.6. The molecule has 1 fully saturated rings. The van der Waals surface area contributed by atoms with Gasteiger partial charge in [0.2, 0.25) is 0 Å². The molecule has 1 saturated heterocycles. The second-order valence-corrected chi connectivity index (χ2v) is 11.0. The number of carbonyl (C=O) groups excluding carboxylic acids is 1. The van der Waals surface area contributed by atoms with Crippen LogP contribution in [0.4, 0.5) is 4.39 Å². The number of aryl methyl sites for hydroxylation is 1. The zero-order chi connectivity index (χ0) is 26.6. The minimum atomic E-state index is -4.22. The van der Waals surface area contributed by atoms with E-state index < -0.39 is 51.0 Å². The van der Waals surface area contributed by atoms with Crippen molar-refractivity contribution in [1.29, 1.82) is 0 Å². The molecule has 1 aromatic carbocycles. The van der Waals surface area contributed by atoms with Gasteiger partial charge in [0.05, 0.1) is 12.7 Å². The topological polar surface area (TPSA) is 124 Å². The molecule has 3 rings (SSSR count). The number of alkyl halides is 1. The summed E-state index contributed by atoms with van der Waals surface area (Å²) in [5.41, 5.74) is 0.635. The molecule has 10 nitrogen and oxygen atoms in total. The number of benzene rings is 1. The van der Waals surface area contributed by atoms with Crippen LogP contribution in [0, 0.1) is 16.3 Å². The molecule has 3 N–H and O–H groups in total. The number of aliphatic hydroxyl groups is 1. The molecule has 1 aliphatic rings. The van der Waals surface area contributed by atoms with Gasteiger partial charge in [-0.2, -0.15) is 5.09 Å². The van der Waals surface area contributed by atoms with Crippen molar-refractivity contribution in [3.05, 3.63) is 51.5 Å². The Hall–Kier alpha value is -1.99. The second kappa shape index (κ2) is 12.0. The fourth-order valence-corrected chi connectivity index (χ4v) is 5.32. The van der Waals surface area contributed by atoms with Gasteiger partial charge in [0, 0.05) is 11.8 Å². The Kier molecular flexibility index (Phi) is 9.56. The first-order chi connectivity index (χ1) is 16.9. The molecule has 2 aromatic rings. The number of esters is 1. The van der Waals surface area contributed by atoms with Gasteiger partial charge in [-0.3, -0.25) is 13.9 Å². The minimum Gasteiger partial charge on any atom is -0.462 e. The van der Waals surface area contributed by atoms with E-state index in [0.717, 1.165) is 0 Å². The van der Waals surface area contributed by atoms with Gasteiger partial charge in [-0.05, 0) is 52.0 Å². The van der Waals surface area contributed by atoms with Gasteiger partial charge in [-0.1, -0.05) is 30.4 Å². The third kappa shape index (κ3) is 7.06. The van der Waals surface area contributed by atoms with Crippen molar-refractivity contribution in [2.75, 3.05) is 6.61 Å². The number of carbonyl (C=O) groups is 1. The first-order valence-electron chi connectivity index (χ1n) is 11.2. The molecule has 0 aliphatic carbocycles. The number of nitrogens with zero attached hydrogens (tertiary/aromatic N) is 1. The van der Waals surface area contributed by atoms with Crippen molar-refractivity contribution in [2.24, 2.45) is 0 Å². The lowest BCUT2D eigenvalue weighted by atomic mass is 10.1. The van der Waals surface area contributed by atoms with Crippen LogP contribution in [0.5, 0.6) is 5.75 Å². The molecule has 0 amide bonds. The van der Waals surface area contributed by atoms with Gasteiger partial charge < -0.3 is 24.1 Å². The quantitative estimate of drug-likeness (QED) is 0.220. The summed E-state index contributed by atoms with van der Waals surface area (Å²) in [6, 6.07) is 7.09. The lowest BCUT2D eigenvalue weighted by Crippen LogP contribution is -2.37. The van der Waals surface area contributed by atoms with Crippen molar-refractivity contribution < 1.29 is 37.4 Å². The Morgan fingerprint density at radius 2 is 1.97 bits per heavy atom. The van der Waals surface area contributed by atoms with Crippen LogP contribution >= 0.6 is 32.2 Å². The molecule has 198 valence electrons. The first-order valence-corrected chi connectivity index (χ1v) is 13.5. The fourth-order valence-electron chi connectivity index (χ4n) is 3.35. The SMILES string of the molecule is Cc1cn([C@H]2O[C@@H](CO[P@](=O)(N[C@@H](C)C(=O)OC(C)C)Oc3ccccc3)C(O)[C@H]2F)c(=S)[nH]c1=S. The zero-order valence-electron chi connectivity index (χ0n) is 20.1. The van der Waals surface area contributed by atoms with Gasteiger partial charge in [0.1, 0.15) is 28.6 Å². The number of hydrogen-bond acceptors (Lipinski definition) is 9. The van der Waals surface area contributed by atoms with Crippen LogP contribution in [-0.2, 0) is 23.4 Å². The van der Waals surface area contributed by atoms with Gasteiger partial charge >= 0.3 is 13.7 Å². The Labute approximate surface area is 218 Å². The van der Waals surface area contributed by atoms with Crippen LogP contribution in [0.25, 0.3) is 0 Å². The summed E-state index contributed by atoms with van der Waals surface area (Å²) in [6.45, 7) is 6.00. The number of ether oxygens (including phenoxy) is 2. The number of para-hydroxylation sites is 1. The normalized spacial score (nSPS) is 24.3. The van der Waals surface area contributed by atoms with Crippen LogP contribution in [0.15, 0.2) is 36.5 Å². The number of nitrogens with one attached hydrogen (secondary N) is 2. The maximum absolute atomic E-state index is 15.0. The molecule has 6 atom stereocenters. The summed E-state index contributed by atoms with van der Waals surface area (Å²) in [6.07, 6.45) is -4.83. The van der Waals surface area contributed by atoms with E-state index in [-0.39, 0.29) is 16.6 Å². The van der Waals surface area contributed by atoms with Gasteiger partial charge in [-0.25, -0.2) is 8.96 Å². The van der Waals surface area contributed by atoms with Crippen molar-refractivity contribution >= 4 is 38.2 Å². The smallest absolute Gasteiger partial charge is 0.459 e. The number of aromatic nitrogens is 2. The molecule has 0 bridgehead atoms. The highest BCUT2D eigenvalue weighted by atomic mass is 32.1. The molecule has 1 unspecified atom stereocenters. The number of aliphatic hydroxyl groups excluding tert-OH is 1. The van der Waals surface area contributed by atoms with E-state index in [9.17, 15) is 14.5 Å². The van der Waals surface area contributed by atoms with Crippen LogP contribution in [0.3, 0.4) is 0 Å². The van der Waals surface area contributed by atoms with Crippen LogP contribution in [-0.4, -0.2) is 57.8 Å². The number of hydrogen-bond donors (Lipinski definition) is 3. The van der Waals surface area contributed by atoms with E-state index in [1.165, 1.54) is 17.7 Å². The summed E-state index contributed by atoms with van der Waals surface area (Å²) >= 11 is 10.4. The summed E-state index contributed by atoms with van der Waals surface area (Å²) in [5, 5.41) is 13.0. The lowest BCUT2D eigenvalue weighted by molar-refractivity contribution is -0.149. The van der Waals surface area contributed by atoms with E-state index in [0.29, 0.717) is 10.2 Å². The minimum absolute atomic E-state index is 0.115. The molecular formula is C22H29FN3O7PS2. The molecule has 2 heterocycles. The predicted octanol–water partition coefficient (Wildman–Crippen LogP) is 4.31. The molecule has 0 spiro atoms. The van der Waals surface area contributed by atoms with E-state index in [1.54, 1.807) is 51.1 Å². The van der Waals surface area contributed by atoms with Crippen molar-refractivity contribution in [1.82, 2.24) is 14.6 Å². The number of rotatable bonds is 10. The average molecular weight is 562 g/mol. The molecule has 36 heavy (non-hydrogen) atoms. The van der Waals surface area contributed by atoms with Crippen LogP contribution in [0.2, 0.25) is 0 Å². The van der Waals surface area contributed by atoms with E-state index in [1.807, 2.05) is 0 Å². The summed E-state index contributed by atoms with van der Waals surface area (Å²) < 4.78 is 52.3. The van der Waals surface area contributed by atoms with E-state index in [2.05, 4.69) is 10.1 Å². The summed E-state index contributed by atoms with van der Waals surface area (Å²) in [5.74, 6) is -0.467. The van der Waals surface area contributed by atoms with E-state index >= 15 is 4.39 Å². The lowest BCUT2D eigenvalue weighted by Gasteiger charge is -2.25. The van der Waals surface area contributed by atoms with E-state index in [4.69, 9.17) is 43.0 Å². The Balaban J connectivity index is 1.77. The predicted molar refractivity (Wildman–Crippen MR) is 134 cm³/mol. The third-order valence-corrected chi connectivity index (χ3v) is 7.53. The average Bonchev–Trinajstić information content (AvgIpc) is 3.08. The Morgan fingerprint density at radius 1 is 1.31 bits per heavy atom. The highest BCUT2D eigenvalue weighted by Gasteiger charge is 2.46. The van der Waals surface area contributed by atoms with Crippen molar-refractivity contribution in [3.63, 3.8) is 0 Å². The number of aromatic amines is 1. The third-order valence-electron chi connectivity index (χ3n) is 5.15. The van der Waals surface area contributed by atoms with Crippen LogP contribution in [0.1, 0.15) is 32.6 Å². The van der Waals surface area contributed by atoms with Crippen molar-refractivity contribution in [2.45, 2.75) is 64.4 Å².